The minimum absolute atomic E-state index is 0.121. The van der Waals surface area contributed by atoms with Crippen LogP contribution in [0.4, 0.5) is 10.1 Å². The van der Waals surface area contributed by atoms with Crippen molar-refractivity contribution in [3.05, 3.63) is 65.9 Å². The molecule has 6 heteroatoms. The van der Waals surface area contributed by atoms with Gasteiger partial charge in [-0.3, -0.25) is 4.98 Å². The first-order chi connectivity index (χ1) is 10.7. The third-order valence-electron chi connectivity index (χ3n) is 2.70. The molecule has 0 amide bonds. The molecule has 1 aromatic carbocycles. The fourth-order valence-corrected chi connectivity index (χ4v) is 1.62. The zero-order valence-corrected chi connectivity index (χ0v) is 11.5. The molecule has 0 saturated heterocycles. The molecule has 0 atom stereocenters. The van der Waals surface area contributed by atoms with E-state index in [-0.39, 0.29) is 12.2 Å². The maximum Gasteiger partial charge on any atom is 0.145 e. The molecular formula is C16H11FN4O. The number of ether oxygens (including phenoxy) is 1. The van der Waals surface area contributed by atoms with Gasteiger partial charge in [0.25, 0.3) is 0 Å². The molecule has 0 aliphatic rings. The van der Waals surface area contributed by atoms with E-state index in [2.05, 4.69) is 10.3 Å². The van der Waals surface area contributed by atoms with E-state index in [9.17, 15) is 4.39 Å². The van der Waals surface area contributed by atoms with E-state index in [4.69, 9.17) is 15.3 Å². The summed E-state index contributed by atoms with van der Waals surface area (Å²) in [7, 11) is 0. The van der Waals surface area contributed by atoms with Gasteiger partial charge in [0.05, 0.1) is 5.69 Å². The van der Waals surface area contributed by atoms with Gasteiger partial charge in [-0.15, -0.1) is 0 Å². The lowest BCUT2D eigenvalue weighted by Gasteiger charge is -2.11. The number of hydrogen-bond donors (Lipinski definition) is 1. The van der Waals surface area contributed by atoms with Crippen molar-refractivity contribution < 1.29 is 9.13 Å². The van der Waals surface area contributed by atoms with Crippen LogP contribution in [0.5, 0.6) is 5.75 Å². The van der Waals surface area contributed by atoms with Gasteiger partial charge >= 0.3 is 0 Å². The Hall–Kier alpha value is -3.38. The quantitative estimate of drug-likeness (QED) is 0.857. The molecule has 22 heavy (non-hydrogen) atoms. The molecule has 0 fully saturated rings. The molecule has 0 unspecified atom stereocenters. The summed E-state index contributed by atoms with van der Waals surface area (Å²) in [5.74, 6) is -0.0488. The Morgan fingerprint density at radius 1 is 1.23 bits per heavy atom. The fourth-order valence-electron chi connectivity index (χ4n) is 1.62. The first-order valence-electron chi connectivity index (χ1n) is 6.31. The molecule has 0 radical (unpaired) electrons. The van der Waals surface area contributed by atoms with Crippen LogP contribution in [0, 0.1) is 28.5 Å². The van der Waals surface area contributed by atoms with Crippen LogP contribution < -0.4 is 10.1 Å². The Morgan fingerprint density at radius 2 is 1.95 bits per heavy atom. The van der Waals surface area contributed by atoms with Crippen LogP contribution in [-0.2, 0) is 6.61 Å². The topological polar surface area (TPSA) is 81.7 Å². The van der Waals surface area contributed by atoms with Gasteiger partial charge in [0.15, 0.2) is 0 Å². The van der Waals surface area contributed by atoms with E-state index in [1.807, 2.05) is 0 Å². The Labute approximate surface area is 126 Å². The van der Waals surface area contributed by atoms with Crippen molar-refractivity contribution in [3.63, 3.8) is 0 Å². The fraction of sp³-hybridized carbons (Fsp3) is 0.0625. The lowest BCUT2D eigenvalue weighted by Crippen LogP contribution is -2.00. The predicted molar refractivity (Wildman–Crippen MR) is 77.9 cm³/mol. The SMILES string of the molecule is N#CC(C#N)=CNc1cc(F)ccc1OCc1ccncc1. The Morgan fingerprint density at radius 3 is 2.64 bits per heavy atom. The summed E-state index contributed by atoms with van der Waals surface area (Å²) in [6, 6.07) is 11.0. The normalized spacial score (nSPS) is 9.23. The van der Waals surface area contributed by atoms with Crippen LogP contribution in [-0.4, -0.2) is 4.98 Å². The van der Waals surface area contributed by atoms with Gasteiger partial charge in [-0.2, -0.15) is 10.5 Å². The van der Waals surface area contributed by atoms with Gasteiger partial charge in [0, 0.05) is 24.7 Å². The average Bonchev–Trinajstić information content (AvgIpc) is 2.56. The lowest BCUT2D eigenvalue weighted by molar-refractivity contribution is 0.307. The van der Waals surface area contributed by atoms with Gasteiger partial charge < -0.3 is 10.1 Å². The second kappa shape index (κ2) is 7.41. The maximum absolute atomic E-state index is 13.3. The number of anilines is 1. The number of hydrogen-bond acceptors (Lipinski definition) is 5. The average molecular weight is 294 g/mol. The van der Waals surface area contributed by atoms with Crippen molar-refractivity contribution in [1.29, 1.82) is 10.5 Å². The summed E-state index contributed by atoms with van der Waals surface area (Å²) in [4.78, 5) is 3.91. The summed E-state index contributed by atoms with van der Waals surface area (Å²) in [6.45, 7) is 0.288. The number of pyridine rings is 1. The van der Waals surface area contributed by atoms with Gasteiger partial charge in [0.2, 0.25) is 0 Å². The first-order valence-corrected chi connectivity index (χ1v) is 6.31. The van der Waals surface area contributed by atoms with E-state index < -0.39 is 5.82 Å². The van der Waals surface area contributed by atoms with Gasteiger partial charge in [-0.25, -0.2) is 4.39 Å². The Kier molecular flexibility index (Phi) is 5.06. The highest BCUT2D eigenvalue weighted by Gasteiger charge is 2.05. The zero-order valence-electron chi connectivity index (χ0n) is 11.5. The van der Waals surface area contributed by atoms with E-state index in [1.54, 1.807) is 36.7 Å². The smallest absolute Gasteiger partial charge is 0.145 e. The number of nitriles is 2. The summed E-state index contributed by atoms with van der Waals surface area (Å²) in [5, 5.41) is 20.1. The van der Waals surface area contributed by atoms with Crippen molar-refractivity contribution >= 4 is 5.69 Å². The molecular weight excluding hydrogens is 283 g/mol. The highest BCUT2D eigenvalue weighted by atomic mass is 19.1. The summed E-state index contributed by atoms with van der Waals surface area (Å²) in [5.41, 5.74) is 1.12. The van der Waals surface area contributed by atoms with Crippen LogP contribution >= 0.6 is 0 Å². The monoisotopic (exact) mass is 294 g/mol. The van der Waals surface area contributed by atoms with E-state index >= 15 is 0 Å². The Bertz CT molecular complexity index is 744. The van der Waals surface area contributed by atoms with Crippen LogP contribution in [0.2, 0.25) is 0 Å². The number of aromatic nitrogens is 1. The standard InChI is InChI=1S/C16H11FN4O/c17-14-1-2-16(22-11-12-3-5-20-6-4-12)15(7-14)21-10-13(8-18)9-19/h1-7,10,21H,11H2. The number of halogens is 1. The molecule has 1 N–H and O–H groups in total. The molecule has 0 saturated carbocycles. The summed E-state index contributed by atoms with van der Waals surface area (Å²) in [6.07, 6.45) is 4.50. The molecule has 0 spiro atoms. The van der Waals surface area contributed by atoms with Crippen LogP contribution in [0.25, 0.3) is 0 Å². The third kappa shape index (κ3) is 4.06. The van der Waals surface area contributed by atoms with Gasteiger partial charge in [0.1, 0.15) is 35.9 Å². The number of nitrogens with zero attached hydrogens (tertiary/aromatic N) is 3. The van der Waals surface area contributed by atoms with Crippen LogP contribution in [0.1, 0.15) is 5.56 Å². The van der Waals surface area contributed by atoms with Gasteiger partial charge in [-0.05, 0) is 29.8 Å². The lowest BCUT2D eigenvalue weighted by atomic mass is 10.2. The van der Waals surface area contributed by atoms with E-state index in [1.165, 1.54) is 24.4 Å². The van der Waals surface area contributed by atoms with E-state index in [0.29, 0.717) is 11.4 Å². The molecule has 1 heterocycles. The second-order valence-corrected chi connectivity index (χ2v) is 4.21. The molecule has 0 aliphatic carbocycles. The van der Waals surface area contributed by atoms with Crippen molar-refractivity contribution in [2.75, 3.05) is 5.32 Å². The summed E-state index contributed by atoms with van der Waals surface area (Å²) >= 11 is 0. The van der Waals surface area contributed by atoms with Gasteiger partial charge in [-0.1, -0.05) is 0 Å². The van der Waals surface area contributed by atoms with Crippen molar-refractivity contribution in [3.8, 4) is 17.9 Å². The first kappa shape index (κ1) is 15.0. The molecule has 0 bridgehead atoms. The molecule has 5 nitrogen and oxygen atoms in total. The van der Waals surface area contributed by atoms with E-state index in [0.717, 1.165) is 5.56 Å². The van der Waals surface area contributed by atoms with Crippen molar-refractivity contribution in [1.82, 2.24) is 4.98 Å². The highest BCUT2D eigenvalue weighted by Crippen LogP contribution is 2.26. The largest absolute Gasteiger partial charge is 0.487 e. The Balaban J connectivity index is 2.16. The molecule has 2 aromatic rings. The molecule has 0 aliphatic heterocycles. The number of nitrogens with one attached hydrogen (secondary N) is 1. The summed E-state index contributed by atoms with van der Waals surface area (Å²) < 4.78 is 19.0. The predicted octanol–water partition coefficient (Wildman–Crippen LogP) is 3.14. The minimum Gasteiger partial charge on any atom is -0.487 e. The molecule has 108 valence electrons. The van der Waals surface area contributed by atoms with Crippen LogP contribution in [0.15, 0.2) is 54.5 Å². The van der Waals surface area contributed by atoms with Crippen LogP contribution in [0.3, 0.4) is 0 Å². The maximum atomic E-state index is 13.3. The molecule has 2 rings (SSSR count). The molecule has 1 aromatic heterocycles. The number of benzene rings is 1. The van der Waals surface area contributed by atoms with Crippen molar-refractivity contribution in [2.24, 2.45) is 0 Å². The highest BCUT2D eigenvalue weighted by molar-refractivity contribution is 5.59. The zero-order chi connectivity index (χ0) is 15.8. The number of allylic oxidation sites excluding steroid dienone is 1. The second-order valence-electron chi connectivity index (χ2n) is 4.21. The van der Waals surface area contributed by atoms with Crippen molar-refractivity contribution in [2.45, 2.75) is 6.61 Å². The third-order valence-corrected chi connectivity index (χ3v) is 2.70. The number of rotatable bonds is 5. The minimum atomic E-state index is -0.456.